The molecule has 0 bridgehead atoms. The second-order valence-corrected chi connectivity index (χ2v) is 8.91. The number of esters is 1. The quantitative estimate of drug-likeness (QED) is 0.139. The molecule has 5 aromatic rings. The number of nitrogens with zero attached hydrogens (tertiary/aromatic N) is 1. The number of rotatable bonds is 10. The van der Waals surface area contributed by atoms with Gasteiger partial charge in [-0.1, -0.05) is 54.6 Å². The minimum Gasteiger partial charge on any atom is -0.493 e. The molecule has 5 rings (SSSR count). The summed E-state index contributed by atoms with van der Waals surface area (Å²) >= 11 is 0. The van der Waals surface area contributed by atoms with Gasteiger partial charge in [0.15, 0.2) is 0 Å². The van der Waals surface area contributed by atoms with E-state index >= 15 is 0 Å². The summed E-state index contributed by atoms with van der Waals surface area (Å²) in [4.78, 5) is 16.1. The maximum Gasteiger partial charge on any atom is 0.355 e. The van der Waals surface area contributed by atoms with Crippen molar-refractivity contribution in [1.82, 2.24) is 15.2 Å². The van der Waals surface area contributed by atoms with Gasteiger partial charge in [0.25, 0.3) is 6.08 Å². The fourth-order valence-corrected chi connectivity index (χ4v) is 4.89. The van der Waals surface area contributed by atoms with E-state index in [0.717, 1.165) is 27.5 Å². The van der Waals surface area contributed by atoms with Gasteiger partial charge >= 0.3 is 5.97 Å². The third-order valence-corrected chi connectivity index (χ3v) is 6.54. The van der Waals surface area contributed by atoms with E-state index < -0.39 is 18.7 Å². The number of ether oxygens (including phenoxy) is 2. The molecule has 7 nitrogen and oxygen atoms in total. The van der Waals surface area contributed by atoms with Crippen molar-refractivity contribution in [3.05, 3.63) is 89.4 Å². The van der Waals surface area contributed by atoms with Crippen molar-refractivity contribution in [3.63, 3.8) is 0 Å². The molecule has 3 N–H and O–H groups in total. The lowest BCUT2D eigenvalue weighted by Gasteiger charge is -2.10. The topological polar surface area (TPSA) is 100 Å². The summed E-state index contributed by atoms with van der Waals surface area (Å²) in [5.74, 6) is 0.284. The van der Waals surface area contributed by atoms with Gasteiger partial charge in [-0.15, -0.1) is 0 Å². The zero-order valence-corrected chi connectivity index (χ0v) is 21.3. The first-order valence-electron chi connectivity index (χ1n) is 12.6. The third-order valence-electron chi connectivity index (χ3n) is 6.54. The Morgan fingerprint density at radius 1 is 1.05 bits per heavy atom. The molecule has 0 saturated carbocycles. The Hall–Kier alpha value is -4.50. The van der Waals surface area contributed by atoms with Crippen LogP contribution in [0.5, 0.6) is 5.75 Å². The average molecular weight is 532 g/mol. The molecule has 0 spiro atoms. The van der Waals surface area contributed by atoms with Gasteiger partial charge in [0.05, 0.1) is 36.7 Å². The fourth-order valence-electron chi connectivity index (χ4n) is 4.89. The molecule has 0 saturated heterocycles. The Morgan fingerprint density at radius 3 is 2.62 bits per heavy atom. The second kappa shape index (κ2) is 11.5. The van der Waals surface area contributed by atoms with Crippen LogP contribution in [0.2, 0.25) is 0 Å². The molecule has 0 aliphatic rings. The van der Waals surface area contributed by atoms with Crippen LogP contribution in [0.25, 0.3) is 38.9 Å². The number of hydrogen-bond acceptors (Lipinski definition) is 5. The van der Waals surface area contributed by atoms with Gasteiger partial charge in [-0.2, -0.15) is 13.9 Å². The minimum atomic E-state index is -1.91. The molecule has 0 atom stereocenters. The van der Waals surface area contributed by atoms with Crippen LogP contribution in [0, 0.1) is 0 Å². The Balaban J connectivity index is 1.49. The van der Waals surface area contributed by atoms with Crippen molar-refractivity contribution in [2.75, 3.05) is 13.2 Å². The number of aromatic amines is 2. The van der Waals surface area contributed by atoms with Gasteiger partial charge in [-0.3, -0.25) is 5.10 Å². The summed E-state index contributed by atoms with van der Waals surface area (Å²) in [6.45, 7) is 1.92. The molecule has 0 fully saturated rings. The van der Waals surface area contributed by atoms with E-state index in [2.05, 4.69) is 15.2 Å². The lowest BCUT2D eigenvalue weighted by molar-refractivity contribution is 0.0519. The highest BCUT2D eigenvalue weighted by atomic mass is 19.3. The van der Waals surface area contributed by atoms with E-state index in [1.54, 1.807) is 19.1 Å². The third kappa shape index (κ3) is 5.26. The van der Waals surface area contributed by atoms with Crippen LogP contribution in [0.15, 0.2) is 66.7 Å². The van der Waals surface area contributed by atoms with Gasteiger partial charge in [0, 0.05) is 28.0 Å². The van der Waals surface area contributed by atoms with Crippen molar-refractivity contribution in [2.45, 2.75) is 26.4 Å². The predicted octanol–water partition coefficient (Wildman–Crippen LogP) is 6.63. The molecule has 0 unspecified atom stereocenters. The smallest absolute Gasteiger partial charge is 0.355 e. The lowest BCUT2D eigenvalue weighted by atomic mass is 9.98. The summed E-state index contributed by atoms with van der Waals surface area (Å²) in [5, 5.41) is 19.3. The van der Waals surface area contributed by atoms with Crippen LogP contribution < -0.4 is 4.74 Å². The lowest BCUT2D eigenvalue weighted by Crippen LogP contribution is -2.09. The normalized spacial score (nSPS) is 11.2. The number of aromatic nitrogens is 3. The van der Waals surface area contributed by atoms with Crippen molar-refractivity contribution in [3.8, 4) is 16.9 Å². The molecule has 200 valence electrons. The maximum atomic E-state index is 13.1. The molecule has 39 heavy (non-hydrogen) atoms. The second-order valence-electron chi connectivity index (χ2n) is 8.91. The highest BCUT2D eigenvalue weighted by Gasteiger charge is 2.23. The van der Waals surface area contributed by atoms with Gasteiger partial charge in [-0.25, -0.2) is 4.79 Å². The number of benzene rings is 3. The number of fused-ring (bicyclic) bond motifs is 2. The summed E-state index contributed by atoms with van der Waals surface area (Å²) in [6, 6.07) is 19.3. The summed E-state index contributed by atoms with van der Waals surface area (Å²) in [6.07, 6.45) is -0.150. The van der Waals surface area contributed by atoms with Crippen LogP contribution in [0.1, 0.15) is 40.8 Å². The van der Waals surface area contributed by atoms with Gasteiger partial charge in [0.1, 0.15) is 11.4 Å². The van der Waals surface area contributed by atoms with Crippen molar-refractivity contribution in [1.29, 1.82) is 0 Å². The first kappa shape index (κ1) is 26.1. The molecule has 9 heteroatoms. The first-order valence-corrected chi connectivity index (χ1v) is 12.6. The number of nitrogens with one attached hydrogen (secondary N) is 2. The number of H-pyrrole nitrogens is 2. The standard InChI is InChI=1S/C30H27F2N3O4/c1-2-38-30(37)29-21(13-7-15-39-25-14-5-9-18-8-3-4-10-19(18)25)20-11-6-12-22(28(20)33-29)27-23(16-26(31)32)34-35-24(27)17-36/h3-6,8-12,14,16,33,36H,2,7,13,15,17H2,1H3,(H,34,35). The first-order chi connectivity index (χ1) is 19.0. The van der Waals surface area contributed by atoms with E-state index in [0.29, 0.717) is 47.9 Å². The molecule has 0 aliphatic heterocycles. The summed E-state index contributed by atoms with van der Waals surface area (Å²) < 4.78 is 37.7. The number of aliphatic hydroxyl groups excluding tert-OH is 1. The molecular weight excluding hydrogens is 504 g/mol. The maximum absolute atomic E-state index is 13.1. The predicted molar refractivity (Wildman–Crippen MR) is 146 cm³/mol. The SMILES string of the molecule is CCOC(=O)c1[nH]c2c(-c3c(C=C(F)F)n[nH]c3CO)cccc2c1CCCOc1cccc2ccccc12. The molecule has 0 radical (unpaired) electrons. The number of aryl methyl sites for hydroxylation is 1. The van der Waals surface area contributed by atoms with E-state index in [4.69, 9.17) is 9.47 Å². The number of halogens is 2. The van der Waals surface area contributed by atoms with E-state index in [9.17, 15) is 18.7 Å². The highest BCUT2D eigenvalue weighted by molar-refractivity contribution is 6.04. The van der Waals surface area contributed by atoms with Gasteiger partial charge < -0.3 is 19.6 Å². The van der Waals surface area contributed by atoms with Gasteiger partial charge in [-0.05, 0) is 36.8 Å². The number of carbonyl (C=O) groups excluding carboxylic acids is 1. The summed E-state index contributed by atoms with van der Waals surface area (Å²) in [5.41, 5.74) is 2.74. The number of aliphatic hydroxyl groups is 1. The Morgan fingerprint density at radius 2 is 1.82 bits per heavy atom. The van der Waals surface area contributed by atoms with E-state index in [1.165, 1.54) is 0 Å². The van der Waals surface area contributed by atoms with Crippen LogP contribution in [-0.2, 0) is 17.8 Å². The Kier molecular flexibility index (Phi) is 7.69. The van der Waals surface area contributed by atoms with Crippen LogP contribution in [0.3, 0.4) is 0 Å². The molecule has 0 amide bonds. The summed E-state index contributed by atoms with van der Waals surface area (Å²) in [7, 11) is 0. The van der Waals surface area contributed by atoms with Crippen molar-refractivity contribution >= 4 is 33.7 Å². The fraction of sp³-hybridized carbons (Fsp3) is 0.200. The van der Waals surface area contributed by atoms with Crippen LogP contribution >= 0.6 is 0 Å². The molecule has 0 aliphatic carbocycles. The Labute approximate surface area is 223 Å². The highest BCUT2D eigenvalue weighted by Crippen LogP contribution is 2.36. The van der Waals surface area contributed by atoms with Crippen molar-refractivity contribution in [2.24, 2.45) is 0 Å². The molecule has 2 aromatic heterocycles. The number of hydrogen-bond donors (Lipinski definition) is 3. The van der Waals surface area contributed by atoms with Crippen molar-refractivity contribution < 1.29 is 28.2 Å². The van der Waals surface area contributed by atoms with Crippen LogP contribution in [0.4, 0.5) is 8.78 Å². The largest absolute Gasteiger partial charge is 0.493 e. The zero-order valence-electron chi connectivity index (χ0n) is 21.3. The Bertz CT molecular complexity index is 1660. The minimum absolute atomic E-state index is 0.0103. The van der Waals surface area contributed by atoms with E-state index in [1.807, 2.05) is 48.5 Å². The monoisotopic (exact) mass is 531 g/mol. The van der Waals surface area contributed by atoms with Crippen LogP contribution in [-0.4, -0.2) is 39.5 Å². The zero-order chi connectivity index (χ0) is 27.4. The number of carbonyl (C=O) groups is 1. The molecule has 3 aromatic carbocycles. The average Bonchev–Trinajstić information content (AvgIpc) is 3.52. The van der Waals surface area contributed by atoms with E-state index in [-0.39, 0.29) is 18.0 Å². The number of para-hydroxylation sites is 1. The molecule has 2 heterocycles. The van der Waals surface area contributed by atoms with Gasteiger partial charge in [0.2, 0.25) is 0 Å². The molecular formula is C30H27F2N3O4.